The number of benzene rings is 2. The molecule has 9 heteroatoms. The van der Waals surface area contributed by atoms with Gasteiger partial charge in [-0.3, -0.25) is 14.8 Å². The smallest absolute Gasteiger partial charge is 0.256 e. The number of hydrogen-bond donors (Lipinski definition) is 0. The number of nitriles is 2. The molecular formula is C26H22BFN6O. The summed E-state index contributed by atoms with van der Waals surface area (Å²) in [5, 5.41) is 17.9. The van der Waals surface area contributed by atoms with Crippen molar-refractivity contribution in [1.29, 1.82) is 10.5 Å². The zero-order valence-corrected chi connectivity index (χ0v) is 19.1. The van der Waals surface area contributed by atoms with E-state index in [1.54, 1.807) is 29.3 Å². The number of rotatable bonds is 4. The molecule has 0 aliphatic carbocycles. The van der Waals surface area contributed by atoms with E-state index in [0.29, 0.717) is 49.6 Å². The summed E-state index contributed by atoms with van der Waals surface area (Å²) in [5.74, 6) is 2.33. The lowest BCUT2D eigenvalue weighted by molar-refractivity contribution is 0.0720. The van der Waals surface area contributed by atoms with Gasteiger partial charge >= 0.3 is 0 Å². The van der Waals surface area contributed by atoms with E-state index in [4.69, 9.17) is 10.5 Å². The first-order chi connectivity index (χ1) is 17.1. The minimum Gasteiger partial charge on any atom is -0.339 e. The maximum absolute atomic E-state index is 15.1. The van der Waals surface area contributed by atoms with Crippen molar-refractivity contribution in [2.24, 2.45) is 9.98 Å². The Labute approximate surface area is 203 Å². The van der Waals surface area contributed by atoms with Crippen LogP contribution in [-0.2, 0) is 0 Å². The summed E-state index contributed by atoms with van der Waals surface area (Å²) in [6.07, 6.45) is 5.05. The van der Waals surface area contributed by atoms with Gasteiger partial charge in [-0.15, -0.1) is 0 Å². The van der Waals surface area contributed by atoms with Gasteiger partial charge in [-0.25, -0.2) is 9.65 Å². The zero-order valence-electron chi connectivity index (χ0n) is 19.1. The molecule has 3 aliphatic rings. The van der Waals surface area contributed by atoms with Gasteiger partial charge in [0.1, 0.15) is 11.7 Å². The first-order valence-electron chi connectivity index (χ1n) is 11.6. The monoisotopic (exact) mass is 464 g/mol. The molecule has 2 aromatic carbocycles. The summed E-state index contributed by atoms with van der Waals surface area (Å²) in [5.41, 5.74) is 2.83. The Balaban J connectivity index is 1.33. The summed E-state index contributed by atoms with van der Waals surface area (Å²) < 4.78 is 15.1. The van der Waals surface area contributed by atoms with E-state index in [-0.39, 0.29) is 17.5 Å². The van der Waals surface area contributed by atoms with Crippen LogP contribution in [0.25, 0.3) is 5.70 Å². The predicted octanol–water partition coefficient (Wildman–Crippen LogP) is 3.48. The standard InChI is InChI=1S/C26H22BFN6O/c28-22-11-19(5-6-21(22)26(35)33-9-7-20(8-10-33)27-16-30)23-15-34-24(13-32-25(34)14-31-23)18-3-1-17(12-29)2-4-18/h1-6,11,14-15,20,24,27H,7-10,13H2. The van der Waals surface area contributed by atoms with E-state index in [2.05, 4.69) is 22.0 Å². The van der Waals surface area contributed by atoms with Crippen LogP contribution in [0, 0.1) is 28.4 Å². The molecule has 3 aliphatic heterocycles. The van der Waals surface area contributed by atoms with Gasteiger partial charge in [-0.05, 0) is 54.5 Å². The number of aliphatic imine (C=N–C) groups is 2. The van der Waals surface area contributed by atoms with Gasteiger partial charge in [0, 0.05) is 24.9 Å². The SMILES string of the molecule is N#CBC1CCN(C(=O)c2ccc(C3=CN4C(=NCC4c4ccc(C#N)cc4)C=N3)cc2F)CC1. The molecule has 1 unspecified atom stereocenters. The quantitative estimate of drug-likeness (QED) is 0.648. The topological polar surface area (TPSA) is 95.9 Å². The second-order valence-corrected chi connectivity index (χ2v) is 8.92. The number of carbonyl (C=O) groups excluding carboxylic acids is 1. The molecule has 2 aromatic rings. The molecule has 0 bridgehead atoms. The highest BCUT2D eigenvalue weighted by Crippen LogP contribution is 2.32. The molecule has 0 aromatic heterocycles. The number of fused-ring (bicyclic) bond motifs is 1. The molecule has 35 heavy (non-hydrogen) atoms. The number of halogens is 1. The summed E-state index contributed by atoms with van der Waals surface area (Å²) >= 11 is 0. The second-order valence-electron chi connectivity index (χ2n) is 8.92. The number of likely N-dealkylation sites (tertiary alicyclic amines) is 1. The highest BCUT2D eigenvalue weighted by atomic mass is 19.1. The Morgan fingerprint density at radius 3 is 2.57 bits per heavy atom. The second kappa shape index (κ2) is 9.56. The molecule has 1 amide bonds. The van der Waals surface area contributed by atoms with Crippen molar-refractivity contribution in [3.05, 3.63) is 76.7 Å². The van der Waals surface area contributed by atoms with Crippen LogP contribution in [0.15, 0.2) is 58.6 Å². The molecule has 0 radical (unpaired) electrons. The average molecular weight is 464 g/mol. The van der Waals surface area contributed by atoms with Crippen molar-refractivity contribution < 1.29 is 9.18 Å². The van der Waals surface area contributed by atoms with Gasteiger partial charge in [0.25, 0.3) is 13.2 Å². The molecule has 3 heterocycles. The van der Waals surface area contributed by atoms with E-state index in [1.807, 2.05) is 23.2 Å². The third-order valence-corrected chi connectivity index (χ3v) is 6.81. The Hall–Kier alpha value is -4.24. The van der Waals surface area contributed by atoms with Crippen LogP contribution in [0.4, 0.5) is 4.39 Å². The van der Waals surface area contributed by atoms with E-state index >= 15 is 4.39 Å². The molecule has 7 nitrogen and oxygen atoms in total. The molecule has 0 spiro atoms. The highest BCUT2D eigenvalue weighted by molar-refractivity contribution is 6.46. The van der Waals surface area contributed by atoms with Crippen LogP contribution in [0.2, 0.25) is 5.82 Å². The van der Waals surface area contributed by atoms with Gasteiger partial charge in [0.05, 0.1) is 41.7 Å². The number of piperidine rings is 1. The number of amidine groups is 1. The van der Waals surface area contributed by atoms with Crippen LogP contribution < -0.4 is 0 Å². The fourth-order valence-corrected chi connectivity index (χ4v) is 4.75. The number of carbonyl (C=O) groups is 1. The highest BCUT2D eigenvalue weighted by Gasteiger charge is 2.30. The van der Waals surface area contributed by atoms with Gasteiger partial charge in [-0.2, -0.15) is 5.26 Å². The predicted molar refractivity (Wildman–Crippen MR) is 133 cm³/mol. The van der Waals surface area contributed by atoms with Crippen LogP contribution in [0.3, 0.4) is 0 Å². The van der Waals surface area contributed by atoms with Crippen molar-refractivity contribution in [1.82, 2.24) is 9.80 Å². The fourth-order valence-electron chi connectivity index (χ4n) is 4.75. The molecule has 172 valence electrons. The molecule has 1 fully saturated rings. The van der Waals surface area contributed by atoms with Crippen molar-refractivity contribution in [2.75, 3.05) is 19.6 Å². The molecule has 0 saturated carbocycles. The average Bonchev–Trinajstić information content (AvgIpc) is 3.32. The van der Waals surface area contributed by atoms with Crippen molar-refractivity contribution in [3.63, 3.8) is 0 Å². The van der Waals surface area contributed by atoms with E-state index < -0.39 is 5.82 Å². The third kappa shape index (κ3) is 4.46. The van der Waals surface area contributed by atoms with Crippen LogP contribution >= 0.6 is 0 Å². The number of hydrogen-bond acceptors (Lipinski definition) is 6. The number of nitrogens with zero attached hydrogens (tertiary/aromatic N) is 6. The van der Waals surface area contributed by atoms with E-state index in [9.17, 15) is 4.79 Å². The Morgan fingerprint density at radius 2 is 1.89 bits per heavy atom. The fraction of sp³-hybridized carbons (Fsp3) is 0.269. The first-order valence-corrected chi connectivity index (χ1v) is 11.6. The lowest BCUT2D eigenvalue weighted by atomic mass is 9.62. The first kappa shape index (κ1) is 22.6. The zero-order chi connectivity index (χ0) is 24.4. The third-order valence-electron chi connectivity index (χ3n) is 6.81. The molecule has 0 N–H and O–H groups in total. The molecule has 1 saturated heterocycles. The lowest BCUT2D eigenvalue weighted by Crippen LogP contribution is -2.38. The van der Waals surface area contributed by atoms with E-state index in [0.717, 1.165) is 24.2 Å². The van der Waals surface area contributed by atoms with Crippen LogP contribution in [0.1, 0.15) is 45.9 Å². The Morgan fingerprint density at radius 1 is 1.11 bits per heavy atom. The summed E-state index contributed by atoms with van der Waals surface area (Å²) in [4.78, 5) is 25.6. The van der Waals surface area contributed by atoms with Gasteiger partial charge in [0.2, 0.25) is 0 Å². The Bertz CT molecular complexity index is 1330. The maximum atomic E-state index is 15.1. The molecule has 1 atom stereocenters. The molecular weight excluding hydrogens is 442 g/mol. The van der Waals surface area contributed by atoms with Crippen LogP contribution in [-0.4, -0.2) is 54.7 Å². The van der Waals surface area contributed by atoms with Gasteiger partial charge in [0.15, 0.2) is 0 Å². The Kier molecular flexibility index (Phi) is 6.16. The summed E-state index contributed by atoms with van der Waals surface area (Å²) in [6.45, 7) is 1.63. The lowest BCUT2D eigenvalue weighted by Gasteiger charge is -2.31. The van der Waals surface area contributed by atoms with E-state index in [1.165, 1.54) is 12.1 Å². The number of amides is 1. The van der Waals surface area contributed by atoms with Crippen molar-refractivity contribution in [3.8, 4) is 12.0 Å². The minimum atomic E-state index is -0.577. The van der Waals surface area contributed by atoms with Gasteiger partial charge in [-0.1, -0.05) is 18.2 Å². The molecule has 5 rings (SSSR count). The van der Waals surface area contributed by atoms with Crippen molar-refractivity contribution in [2.45, 2.75) is 24.7 Å². The summed E-state index contributed by atoms with van der Waals surface area (Å²) in [7, 11) is 0.496. The normalized spacial score (nSPS) is 19.3. The minimum absolute atomic E-state index is 0.0332. The van der Waals surface area contributed by atoms with Crippen LogP contribution in [0.5, 0.6) is 0 Å². The van der Waals surface area contributed by atoms with Crippen molar-refractivity contribution >= 4 is 30.9 Å². The summed E-state index contributed by atoms with van der Waals surface area (Å²) in [6, 6.07) is 14.1. The van der Waals surface area contributed by atoms with Gasteiger partial charge < -0.3 is 9.80 Å². The maximum Gasteiger partial charge on any atom is 0.256 e. The largest absolute Gasteiger partial charge is 0.339 e.